The molecule has 0 saturated carbocycles. The fourth-order valence-corrected chi connectivity index (χ4v) is 2.03. The van der Waals surface area contributed by atoms with Crippen LogP contribution in [0, 0.1) is 0 Å². The quantitative estimate of drug-likeness (QED) is 0.883. The zero-order chi connectivity index (χ0) is 15.9. The highest BCUT2D eigenvalue weighted by Gasteiger charge is 2.07. The van der Waals surface area contributed by atoms with Crippen LogP contribution in [0.15, 0.2) is 42.5 Å². The Balaban J connectivity index is 1.97. The first-order valence-electron chi connectivity index (χ1n) is 6.63. The lowest BCUT2D eigenvalue weighted by molar-refractivity contribution is 0.251. The summed E-state index contributed by atoms with van der Waals surface area (Å²) in [4.78, 5) is 11.9. The van der Waals surface area contributed by atoms with Gasteiger partial charge in [0.25, 0.3) is 0 Å². The van der Waals surface area contributed by atoms with Crippen LogP contribution in [0.3, 0.4) is 0 Å². The monoisotopic (exact) mass is 320 g/mol. The van der Waals surface area contributed by atoms with Gasteiger partial charge in [-0.25, -0.2) is 4.79 Å². The third-order valence-corrected chi connectivity index (χ3v) is 3.28. The highest BCUT2D eigenvalue weighted by atomic mass is 35.5. The van der Waals surface area contributed by atoms with Gasteiger partial charge in [0, 0.05) is 22.8 Å². The van der Waals surface area contributed by atoms with Gasteiger partial charge in [-0.15, -0.1) is 0 Å². The Morgan fingerprint density at radius 3 is 2.45 bits per heavy atom. The molecule has 0 saturated heterocycles. The van der Waals surface area contributed by atoms with Gasteiger partial charge in [0.2, 0.25) is 0 Å². The molecule has 6 heteroatoms. The van der Waals surface area contributed by atoms with Gasteiger partial charge in [-0.3, -0.25) is 0 Å². The number of methoxy groups -OCH3 is 2. The molecule has 0 unspecified atom stereocenters. The first-order valence-corrected chi connectivity index (χ1v) is 7.01. The topological polar surface area (TPSA) is 59.6 Å². The fraction of sp³-hybridized carbons (Fsp3) is 0.188. The number of hydrogen-bond acceptors (Lipinski definition) is 3. The number of nitrogens with one attached hydrogen (secondary N) is 2. The molecule has 0 atom stereocenters. The number of carbonyl (C=O) groups is 1. The van der Waals surface area contributed by atoms with Crippen molar-refractivity contribution >= 4 is 23.3 Å². The van der Waals surface area contributed by atoms with Gasteiger partial charge in [-0.2, -0.15) is 0 Å². The first kappa shape index (κ1) is 16.0. The molecule has 0 fully saturated rings. The average Bonchev–Trinajstić information content (AvgIpc) is 2.54. The standard InChI is InChI=1S/C16H17ClN2O3/c1-21-14-7-8-15(22-2)11(9-14)10-18-16(20)19-13-5-3-12(17)4-6-13/h3-9H,10H2,1-2H3,(H2,18,19,20). The van der Waals surface area contributed by atoms with Crippen LogP contribution < -0.4 is 20.1 Å². The lowest BCUT2D eigenvalue weighted by Crippen LogP contribution is -2.28. The number of amides is 2. The number of ether oxygens (including phenoxy) is 2. The van der Waals surface area contributed by atoms with E-state index >= 15 is 0 Å². The summed E-state index contributed by atoms with van der Waals surface area (Å²) in [5.74, 6) is 1.39. The second-order valence-corrected chi connectivity index (χ2v) is 4.93. The van der Waals surface area contributed by atoms with Crippen molar-refractivity contribution in [1.82, 2.24) is 5.32 Å². The third-order valence-electron chi connectivity index (χ3n) is 3.03. The lowest BCUT2D eigenvalue weighted by atomic mass is 10.2. The minimum Gasteiger partial charge on any atom is -0.497 e. The molecule has 0 spiro atoms. The van der Waals surface area contributed by atoms with Gasteiger partial charge in [-0.1, -0.05) is 11.6 Å². The van der Waals surface area contributed by atoms with E-state index in [0.29, 0.717) is 28.8 Å². The molecular formula is C16H17ClN2O3. The minimum absolute atomic E-state index is 0.313. The molecule has 2 N–H and O–H groups in total. The van der Waals surface area contributed by atoms with E-state index in [4.69, 9.17) is 21.1 Å². The molecule has 0 aliphatic carbocycles. The molecule has 0 radical (unpaired) electrons. The molecule has 5 nitrogen and oxygen atoms in total. The van der Waals surface area contributed by atoms with E-state index in [1.165, 1.54) is 0 Å². The largest absolute Gasteiger partial charge is 0.497 e. The summed E-state index contributed by atoms with van der Waals surface area (Å²) in [5, 5.41) is 6.11. The van der Waals surface area contributed by atoms with Crippen LogP contribution in [-0.2, 0) is 6.54 Å². The zero-order valence-electron chi connectivity index (χ0n) is 12.4. The Bertz CT molecular complexity index is 644. The van der Waals surface area contributed by atoms with Crippen molar-refractivity contribution in [2.75, 3.05) is 19.5 Å². The molecular weight excluding hydrogens is 304 g/mol. The zero-order valence-corrected chi connectivity index (χ0v) is 13.1. The van der Waals surface area contributed by atoms with Crippen LogP contribution >= 0.6 is 11.6 Å². The van der Waals surface area contributed by atoms with Crippen LogP contribution in [0.4, 0.5) is 10.5 Å². The predicted octanol–water partition coefficient (Wildman–Crippen LogP) is 3.68. The summed E-state index contributed by atoms with van der Waals surface area (Å²) < 4.78 is 10.4. The molecule has 2 rings (SSSR count). The normalized spacial score (nSPS) is 9.95. The van der Waals surface area contributed by atoms with Crippen molar-refractivity contribution in [2.45, 2.75) is 6.54 Å². The highest BCUT2D eigenvalue weighted by Crippen LogP contribution is 2.23. The maximum Gasteiger partial charge on any atom is 0.319 e. The second-order valence-electron chi connectivity index (χ2n) is 4.49. The first-order chi connectivity index (χ1) is 10.6. The SMILES string of the molecule is COc1ccc(OC)c(CNC(=O)Nc2ccc(Cl)cc2)c1. The van der Waals surface area contributed by atoms with Crippen molar-refractivity contribution in [3.63, 3.8) is 0 Å². The van der Waals surface area contributed by atoms with Crippen LogP contribution in [-0.4, -0.2) is 20.3 Å². The second kappa shape index (κ2) is 7.56. The van der Waals surface area contributed by atoms with Gasteiger partial charge in [-0.05, 0) is 42.5 Å². The van der Waals surface area contributed by atoms with Crippen molar-refractivity contribution in [1.29, 1.82) is 0 Å². The molecule has 2 aromatic carbocycles. The summed E-state index contributed by atoms with van der Waals surface area (Å²) >= 11 is 5.80. The van der Waals surface area contributed by atoms with E-state index in [2.05, 4.69) is 10.6 Å². The van der Waals surface area contributed by atoms with Gasteiger partial charge >= 0.3 is 6.03 Å². The predicted molar refractivity (Wildman–Crippen MR) is 86.9 cm³/mol. The molecule has 0 heterocycles. The van der Waals surface area contributed by atoms with E-state index in [0.717, 1.165) is 5.56 Å². The average molecular weight is 321 g/mol. The van der Waals surface area contributed by atoms with E-state index in [-0.39, 0.29) is 6.03 Å². The summed E-state index contributed by atoms with van der Waals surface area (Å²) in [5.41, 5.74) is 1.49. The Kier molecular flexibility index (Phi) is 5.49. The summed E-state index contributed by atoms with van der Waals surface area (Å²) in [6.07, 6.45) is 0. The molecule has 22 heavy (non-hydrogen) atoms. The van der Waals surface area contributed by atoms with Crippen molar-refractivity contribution < 1.29 is 14.3 Å². The molecule has 116 valence electrons. The van der Waals surface area contributed by atoms with E-state index in [1.54, 1.807) is 50.6 Å². The number of urea groups is 1. The fourth-order valence-electron chi connectivity index (χ4n) is 1.90. The molecule has 2 amide bonds. The summed E-state index contributed by atoms with van der Waals surface area (Å²) in [6, 6.07) is 12.0. The van der Waals surface area contributed by atoms with Gasteiger partial charge in [0.15, 0.2) is 0 Å². The molecule has 0 bridgehead atoms. The lowest BCUT2D eigenvalue weighted by Gasteiger charge is -2.12. The molecule has 0 aliphatic rings. The number of anilines is 1. The van der Waals surface area contributed by atoms with Crippen LogP contribution in [0.2, 0.25) is 5.02 Å². The maximum atomic E-state index is 11.9. The number of hydrogen-bond donors (Lipinski definition) is 2. The maximum absolute atomic E-state index is 11.9. The van der Waals surface area contributed by atoms with Crippen molar-refractivity contribution in [2.24, 2.45) is 0 Å². The third kappa shape index (κ3) is 4.30. The number of carbonyl (C=O) groups excluding carboxylic acids is 1. The molecule has 2 aromatic rings. The number of halogens is 1. The van der Waals surface area contributed by atoms with E-state index in [1.807, 2.05) is 6.07 Å². The Hall–Kier alpha value is -2.40. The van der Waals surface area contributed by atoms with Gasteiger partial charge < -0.3 is 20.1 Å². The molecule has 0 aromatic heterocycles. The van der Waals surface area contributed by atoms with Crippen LogP contribution in [0.25, 0.3) is 0 Å². The highest BCUT2D eigenvalue weighted by molar-refractivity contribution is 6.30. The Morgan fingerprint density at radius 2 is 1.82 bits per heavy atom. The van der Waals surface area contributed by atoms with E-state index < -0.39 is 0 Å². The van der Waals surface area contributed by atoms with Crippen molar-refractivity contribution in [3.05, 3.63) is 53.1 Å². The Labute approximate surface area is 134 Å². The van der Waals surface area contributed by atoms with E-state index in [9.17, 15) is 4.79 Å². The minimum atomic E-state index is -0.313. The van der Waals surface area contributed by atoms with Crippen LogP contribution in [0.5, 0.6) is 11.5 Å². The van der Waals surface area contributed by atoms with Crippen molar-refractivity contribution in [3.8, 4) is 11.5 Å². The van der Waals surface area contributed by atoms with Crippen LogP contribution in [0.1, 0.15) is 5.56 Å². The number of benzene rings is 2. The van der Waals surface area contributed by atoms with Gasteiger partial charge in [0.1, 0.15) is 11.5 Å². The summed E-state index contributed by atoms with van der Waals surface area (Å²) in [7, 11) is 3.17. The smallest absolute Gasteiger partial charge is 0.319 e. The molecule has 0 aliphatic heterocycles. The Morgan fingerprint density at radius 1 is 1.09 bits per heavy atom. The number of rotatable bonds is 5. The van der Waals surface area contributed by atoms with Gasteiger partial charge in [0.05, 0.1) is 14.2 Å². The summed E-state index contributed by atoms with van der Waals surface area (Å²) in [6.45, 7) is 0.319.